The maximum Gasteiger partial charge on any atom is 0.171 e. The highest BCUT2D eigenvalue weighted by Gasteiger charge is 2.33. The summed E-state index contributed by atoms with van der Waals surface area (Å²) in [5.41, 5.74) is 8.21. The van der Waals surface area contributed by atoms with Gasteiger partial charge in [-0.3, -0.25) is 4.79 Å². The van der Waals surface area contributed by atoms with E-state index in [1.807, 2.05) is 0 Å². The maximum atomic E-state index is 11.8. The maximum absolute atomic E-state index is 11.8. The van der Waals surface area contributed by atoms with Gasteiger partial charge < -0.3 is 15.4 Å². The average molecular weight is 308 g/mol. The number of carbonyl (C=O) groups excluding carboxylic acids is 1. The van der Waals surface area contributed by atoms with E-state index in [2.05, 4.69) is 11.9 Å². The van der Waals surface area contributed by atoms with E-state index in [1.54, 1.807) is 18.3 Å². The van der Waals surface area contributed by atoms with Crippen molar-refractivity contribution in [1.82, 2.24) is 0 Å². The Morgan fingerprint density at radius 3 is 2.76 bits per heavy atom. The molecule has 0 amide bonds. The van der Waals surface area contributed by atoms with Crippen LogP contribution in [0.2, 0.25) is 0 Å². The summed E-state index contributed by atoms with van der Waals surface area (Å²) < 4.78 is 5.57. The monoisotopic (exact) mass is 308 g/mol. The summed E-state index contributed by atoms with van der Waals surface area (Å²) in [5, 5.41) is 1.20. The van der Waals surface area contributed by atoms with E-state index in [1.165, 1.54) is 29.8 Å². The number of anilines is 2. The van der Waals surface area contributed by atoms with Crippen molar-refractivity contribution < 1.29 is 9.53 Å². The molecule has 1 aliphatic heterocycles. The van der Waals surface area contributed by atoms with E-state index in [0.717, 1.165) is 36.7 Å². The van der Waals surface area contributed by atoms with Gasteiger partial charge in [-0.05, 0) is 37.5 Å². The van der Waals surface area contributed by atoms with Crippen LogP contribution in [-0.2, 0) is 4.74 Å². The smallest absolute Gasteiger partial charge is 0.171 e. The van der Waals surface area contributed by atoms with Crippen molar-refractivity contribution in [1.29, 1.82) is 0 Å². The number of hydrogen-bond acceptors (Lipinski definition) is 5. The molecule has 3 rings (SSSR count). The summed E-state index contributed by atoms with van der Waals surface area (Å²) >= 11 is 1.57. The summed E-state index contributed by atoms with van der Waals surface area (Å²) in [6.07, 6.45) is 4.78. The number of ketones is 1. The highest BCUT2D eigenvalue weighted by molar-refractivity contribution is 7.18. The molecule has 21 heavy (non-hydrogen) atoms. The molecule has 1 atom stereocenters. The number of ether oxygens (including phenoxy) is 1. The molecule has 4 nitrogen and oxygen atoms in total. The lowest BCUT2D eigenvalue weighted by Crippen LogP contribution is -2.30. The second-order valence-corrected chi connectivity index (χ2v) is 7.36. The Morgan fingerprint density at radius 1 is 1.43 bits per heavy atom. The van der Waals surface area contributed by atoms with Crippen LogP contribution in [0.15, 0.2) is 0 Å². The number of thiophene rings is 1. The third-order valence-electron chi connectivity index (χ3n) is 4.40. The first-order valence-corrected chi connectivity index (χ1v) is 8.61. The number of rotatable bonds is 5. The van der Waals surface area contributed by atoms with E-state index < -0.39 is 0 Å². The molecule has 116 valence electrons. The van der Waals surface area contributed by atoms with Crippen molar-refractivity contribution in [2.24, 2.45) is 5.92 Å². The molecule has 0 radical (unpaired) electrons. The number of nitrogens with zero attached hydrogens (tertiary/aromatic N) is 1. The van der Waals surface area contributed by atoms with Crippen LogP contribution in [0.4, 0.5) is 10.7 Å². The standard InChI is InChI=1S/C16H24N2O2S/c1-10(19)15-14(17)13(12-5-6-12)16(21-15)18(2)8-11-4-3-7-20-9-11/h11-12H,3-9,17H2,1-2H3. The van der Waals surface area contributed by atoms with E-state index >= 15 is 0 Å². The summed E-state index contributed by atoms with van der Waals surface area (Å²) in [6, 6.07) is 0. The topological polar surface area (TPSA) is 55.6 Å². The highest BCUT2D eigenvalue weighted by Crippen LogP contribution is 2.52. The fourth-order valence-electron chi connectivity index (χ4n) is 3.18. The molecular formula is C16H24N2O2S. The zero-order valence-corrected chi connectivity index (χ0v) is 13.7. The Labute approximate surface area is 130 Å². The van der Waals surface area contributed by atoms with Gasteiger partial charge in [-0.25, -0.2) is 0 Å². The van der Waals surface area contributed by atoms with Crippen LogP contribution >= 0.6 is 11.3 Å². The first kappa shape index (κ1) is 14.9. The van der Waals surface area contributed by atoms with Crippen molar-refractivity contribution in [3.8, 4) is 0 Å². The summed E-state index contributed by atoms with van der Waals surface area (Å²) in [7, 11) is 2.12. The molecule has 1 aromatic heterocycles. The second-order valence-electron chi connectivity index (χ2n) is 6.36. The minimum atomic E-state index is 0.0834. The van der Waals surface area contributed by atoms with Crippen molar-refractivity contribution in [3.05, 3.63) is 10.4 Å². The predicted octanol–water partition coefficient (Wildman–Crippen LogP) is 3.27. The average Bonchev–Trinajstić information content (AvgIpc) is 3.22. The van der Waals surface area contributed by atoms with E-state index in [9.17, 15) is 4.79 Å². The largest absolute Gasteiger partial charge is 0.397 e. The van der Waals surface area contributed by atoms with Crippen LogP contribution in [0, 0.1) is 5.92 Å². The zero-order valence-electron chi connectivity index (χ0n) is 12.9. The second kappa shape index (κ2) is 5.97. The lowest BCUT2D eigenvalue weighted by Gasteiger charge is -2.28. The Hall–Kier alpha value is -1.07. The van der Waals surface area contributed by atoms with Gasteiger partial charge in [0.05, 0.1) is 22.2 Å². The molecule has 1 aromatic rings. The minimum absolute atomic E-state index is 0.0834. The molecule has 1 unspecified atom stereocenters. The van der Waals surface area contributed by atoms with Crippen molar-refractivity contribution in [3.63, 3.8) is 0 Å². The number of carbonyl (C=O) groups is 1. The zero-order chi connectivity index (χ0) is 15.0. The van der Waals surface area contributed by atoms with Crippen molar-refractivity contribution >= 4 is 27.8 Å². The first-order valence-electron chi connectivity index (χ1n) is 7.80. The van der Waals surface area contributed by atoms with Crippen LogP contribution < -0.4 is 10.6 Å². The lowest BCUT2D eigenvalue weighted by molar-refractivity contribution is 0.0577. The highest BCUT2D eigenvalue weighted by atomic mass is 32.1. The molecule has 1 aliphatic carbocycles. The van der Waals surface area contributed by atoms with Gasteiger partial charge in [-0.15, -0.1) is 11.3 Å². The SMILES string of the molecule is CC(=O)c1sc(N(C)CC2CCCOC2)c(C2CC2)c1N. The molecule has 2 aliphatic rings. The van der Waals surface area contributed by atoms with Gasteiger partial charge >= 0.3 is 0 Å². The van der Waals surface area contributed by atoms with Gasteiger partial charge in [0.25, 0.3) is 0 Å². The fourth-order valence-corrected chi connectivity index (χ4v) is 4.35. The molecule has 2 fully saturated rings. The van der Waals surface area contributed by atoms with E-state index in [-0.39, 0.29) is 5.78 Å². The third kappa shape index (κ3) is 3.09. The molecule has 0 spiro atoms. The van der Waals surface area contributed by atoms with Gasteiger partial charge in [-0.1, -0.05) is 0 Å². The van der Waals surface area contributed by atoms with Gasteiger partial charge in [-0.2, -0.15) is 0 Å². The summed E-state index contributed by atoms with van der Waals surface area (Å²) in [6.45, 7) is 4.34. The van der Waals surface area contributed by atoms with Crippen molar-refractivity contribution in [2.45, 2.75) is 38.5 Å². The molecular weight excluding hydrogens is 284 g/mol. The molecule has 1 saturated carbocycles. The van der Waals surface area contributed by atoms with Crippen LogP contribution in [-0.4, -0.2) is 32.6 Å². The summed E-state index contributed by atoms with van der Waals surface area (Å²) in [4.78, 5) is 14.8. The predicted molar refractivity (Wildman–Crippen MR) is 87.5 cm³/mol. The number of nitrogen functional groups attached to an aromatic ring is 1. The Morgan fingerprint density at radius 2 is 2.19 bits per heavy atom. The number of hydrogen-bond donors (Lipinski definition) is 1. The number of Topliss-reactive ketones (excluding diaryl/α,β-unsaturated/α-hetero) is 1. The van der Waals surface area contributed by atoms with E-state index in [0.29, 0.717) is 11.8 Å². The van der Waals surface area contributed by atoms with Gasteiger partial charge in [0.2, 0.25) is 0 Å². The van der Waals surface area contributed by atoms with Gasteiger partial charge in [0.1, 0.15) is 0 Å². The third-order valence-corrected chi connectivity index (χ3v) is 5.84. The molecule has 2 heterocycles. The summed E-state index contributed by atoms with van der Waals surface area (Å²) in [5.74, 6) is 1.23. The molecule has 5 heteroatoms. The molecule has 1 saturated heterocycles. The Bertz CT molecular complexity index is 531. The Balaban J connectivity index is 1.82. The van der Waals surface area contributed by atoms with Crippen LogP contribution in [0.3, 0.4) is 0 Å². The van der Waals surface area contributed by atoms with Crippen LogP contribution in [0.5, 0.6) is 0 Å². The fraction of sp³-hybridized carbons (Fsp3) is 0.688. The minimum Gasteiger partial charge on any atom is -0.397 e. The van der Waals surface area contributed by atoms with Crippen LogP contribution in [0.1, 0.15) is 53.8 Å². The van der Waals surface area contributed by atoms with Gasteiger partial charge in [0.15, 0.2) is 5.78 Å². The first-order chi connectivity index (χ1) is 10.1. The molecule has 0 aromatic carbocycles. The van der Waals surface area contributed by atoms with Gasteiger partial charge in [0, 0.05) is 32.7 Å². The van der Waals surface area contributed by atoms with E-state index in [4.69, 9.17) is 10.5 Å². The Kier molecular flexibility index (Phi) is 4.22. The molecule has 0 bridgehead atoms. The quantitative estimate of drug-likeness (QED) is 0.848. The molecule has 2 N–H and O–H groups in total. The van der Waals surface area contributed by atoms with Crippen molar-refractivity contribution in [2.75, 3.05) is 37.4 Å². The van der Waals surface area contributed by atoms with Crippen LogP contribution in [0.25, 0.3) is 0 Å². The number of nitrogens with two attached hydrogens (primary N) is 1. The lowest BCUT2D eigenvalue weighted by atomic mass is 10.0. The normalized spacial score (nSPS) is 22.3.